The molecule has 2 heterocycles. The lowest BCUT2D eigenvalue weighted by atomic mass is 9.97. The number of carboxylic acid groups (broad SMARTS) is 1. The number of anilines is 1. The van der Waals surface area contributed by atoms with Crippen LogP contribution in [0.25, 0.3) is 10.9 Å². The predicted octanol–water partition coefficient (Wildman–Crippen LogP) is 3.21. The second kappa shape index (κ2) is 5.98. The number of hydrogen-bond acceptors (Lipinski definition) is 2. The molecule has 2 aromatic carbocycles. The highest BCUT2D eigenvalue weighted by atomic mass is 16.4. The molecule has 0 bridgehead atoms. The van der Waals surface area contributed by atoms with Gasteiger partial charge < -0.3 is 20.3 Å². The first kappa shape index (κ1) is 15.3. The molecule has 0 aliphatic carbocycles. The molecule has 1 atom stereocenters. The summed E-state index contributed by atoms with van der Waals surface area (Å²) in [5, 5.41) is 13.4. The quantitative estimate of drug-likeness (QED) is 0.672. The summed E-state index contributed by atoms with van der Waals surface area (Å²) in [6, 6.07) is 15.5. The summed E-state index contributed by atoms with van der Waals surface area (Å²) in [4.78, 5) is 29.1. The van der Waals surface area contributed by atoms with Gasteiger partial charge in [0.05, 0.1) is 6.54 Å². The summed E-state index contributed by atoms with van der Waals surface area (Å²) in [6.45, 7) is 0.236. The molecule has 4 rings (SSSR count). The van der Waals surface area contributed by atoms with Gasteiger partial charge >= 0.3 is 12.0 Å². The van der Waals surface area contributed by atoms with Crippen molar-refractivity contribution in [1.82, 2.24) is 9.88 Å². The Kier molecular flexibility index (Phi) is 3.65. The number of nitrogens with one attached hydrogen (secondary N) is 2. The van der Waals surface area contributed by atoms with E-state index >= 15 is 0 Å². The molecule has 1 unspecified atom stereocenters. The van der Waals surface area contributed by atoms with Gasteiger partial charge in [-0.15, -0.1) is 0 Å². The minimum absolute atomic E-state index is 0.236. The van der Waals surface area contributed by atoms with Crippen LogP contribution in [0.5, 0.6) is 0 Å². The van der Waals surface area contributed by atoms with Crippen LogP contribution in [-0.4, -0.2) is 33.0 Å². The van der Waals surface area contributed by atoms with Crippen LogP contribution in [0.1, 0.15) is 11.3 Å². The van der Waals surface area contributed by atoms with E-state index in [1.807, 2.05) is 42.5 Å². The van der Waals surface area contributed by atoms with E-state index in [-0.39, 0.29) is 13.0 Å². The van der Waals surface area contributed by atoms with Crippen molar-refractivity contribution in [2.75, 3.05) is 5.32 Å². The van der Waals surface area contributed by atoms with Crippen molar-refractivity contribution in [3.8, 4) is 0 Å². The normalized spacial score (nSPS) is 16.5. The molecular formula is C19H17N3O3. The number of rotatable bonds is 2. The Labute approximate surface area is 144 Å². The van der Waals surface area contributed by atoms with Crippen LogP contribution in [0, 0.1) is 0 Å². The van der Waals surface area contributed by atoms with Crippen molar-refractivity contribution < 1.29 is 14.7 Å². The number of aliphatic carboxylic acids is 1. The lowest BCUT2D eigenvalue weighted by Gasteiger charge is -2.33. The number of carbonyl (C=O) groups excluding carboxylic acids is 1. The topological polar surface area (TPSA) is 85.4 Å². The Hall–Kier alpha value is -3.28. The summed E-state index contributed by atoms with van der Waals surface area (Å²) in [7, 11) is 0. The smallest absolute Gasteiger partial charge is 0.326 e. The van der Waals surface area contributed by atoms with Crippen molar-refractivity contribution in [2.45, 2.75) is 19.0 Å². The molecule has 3 aromatic rings. The van der Waals surface area contributed by atoms with Crippen molar-refractivity contribution in [1.29, 1.82) is 0 Å². The summed E-state index contributed by atoms with van der Waals surface area (Å²) in [5.41, 5.74) is 3.47. The Morgan fingerprint density at radius 2 is 1.80 bits per heavy atom. The maximum atomic E-state index is 12.6. The molecule has 1 aliphatic rings. The number of nitrogens with zero attached hydrogens (tertiary/aromatic N) is 1. The molecule has 0 saturated carbocycles. The first-order valence-corrected chi connectivity index (χ1v) is 8.07. The van der Waals surface area contributed by atoms with Gasteiger partial charge in [0.1, 0.15) is 6.04 Å². The monoisotopic (exact) mass is 335 g/mol. The molecular weight excluding hydrogens is 318 g/mol. The number of aromatic nitrogens is 1. The number of H-pyrrole nitrogens is 1. The van der Waals surface area contributed by atoms with Crippen LogP contribution in [0.4, 0.5) is 10.5 Å². The standard InChI is InChI=1S/C19H17N3O3/c23-18(24)17-10-14-13-8-4-5-9-15(13)21-16(14)11-22(17)19(25)20-12-6-2-1-3-7-12/h1-9,17,21H,10-11H2,(H,20,25)(H,23,24). The SMILES string of the molecule is O=C(O)C1Cc2c([nH]c3ccccc23)CN1C(=O)Nc1ccccc1. The maximum absolute atomic E-state index is 12.6. The van der Waals surface area contributed by atoms with Gasteiger partial charge in [0.15, 0.2) is 0 Å². The number of urea groups is 1. The fourth-order valence-electron chi connectivity index (χ4n) is 3.36. The number of carboxylic acids is 1. The van der Waals surface area contributed by atoms with Gasteiger partial charge in [0.2, 0.25) is 0 Å². The van der Waals surface area contributed by atoms with Crippen LogP contribution < -0.4 is 5.32 Å². The van der Waals surface area contributed by atoms with Gasteiger partial charge in [0, 0.05) is 28.7 Å². The van der Waals surface area contributed by atoms with Crippen LogP contribution in [0.2, 0.25) is 0 Å². The molecule has 2 amide bonds. The van der Waals surface area contributed by atoms with E-state index in [9.17, 15) is 14.7 Å². The van der Waals surface area contributed by atoms with E-state index in [4.69, 9.17) is 0 Å². The van der Waals surface area contributed by atoms with Crippen LogP contribution in [-0.2, 0) is 17.8 Å². The number of para-hydroxylation sites is 2. The molecule has 0 fully saturated rings. The molecule has 0 spiro atoms. The second-order valence-corrected chi connectivity index (χ2v) is 6.11. The largest absolute Gasteiger partial charge is 0.480 e. The fraction of sp³-hybridized carbons (Fsp3) is 0.158. The Morgan fingerprint density at radius 3 is 2.56 bits per heavy atom. The average Bonchev–Trinajstić information content (AvgIpc) is 2.99. The Balaban J connectivity index is 1.67. The van der Waals surface area contributed by atoms with Crippen molar-refractivity contribution in [2.24, 2.45) is 0 Å². The van der Waals surface area contributed by atoms with Crippen molar-refractivity contribution in [3.63, 3.8) is 0 Å². The van der Waals surface area contributed by atoms with E-state index in [1.54, 1.807) is 12.1 Å². The van der Waals surface area contributed by atoms with Crippen LogP contribution in [0.3, 0.4) is 0 Å². The Morgan fingerprint density at radius 1 is 1.08 bits per heavy atom. The minimum atomic E-state index is -1.00. The maximum Gasteiger partial charge on any atom is 0.326 e. The summed E-state index contributed by atoms with van der Waals surface area (Å²) < 4.78 is 0. The highest BCUT2D eigenvalue weighted by Gasteiger charge is 2.36. The molecule has 6 heteroatoms. The Bertz CT molecular complexity index is 949. The third-order valence-corrected chi connectivity index (χ3v) is 4.58. The van der Waals surface area contributed by atoms with Crippen LogP contribution >= 0.6 is 0 Å². The van der Waals surface area contributed by atoms with Crippen molar-refractivity contribution >= 4 is 28.6 Å². The minimum Gasteiger partial charge on any atom is -0.480 e. The van der Waals surface area contributed by atoms with Gasteiger partial charge in [-0.1, -0.05) is 36.4 Å². The number of hydrogen-bond donors (Lipinski definition) is 3. The van der Waals surface area contributed by atoms with E-state index in [0.29, 0.717) is 5.69 Å². The molecule has 6 nitrogen and oxygen atoms in total. The first-order valence-electron chi connectivity index (χ1n) is 8.07. The highest BCUT2D eigenvalue weighted by Crippen LogP contribution is 2.30. The second-order valence-electron chi connectivity index (χ2n) is 6.11. The predicted molar refractivity (Wildman–Crippen MR) is 94.4 cm³/mol. The molecule has 1 aromatic heterocycles. The zero-order chi connectivity index (χ0) is 17.4. The first-order chi connectivity index (χ1) is 12.1. The molecule has 3 N–H and O–H groups in total. The summed E-state index contributed by atoms with van der Waals surface area (Å²) in [6.07, 6.45) is 0.289. The van der Waals surface area contributed by atoms with Gasteiger partial charge in [-0.2, -0.15) is 0 Å². The molecule has 1 aliphatic heterocycles. The number of amides is 2. The third-order valence-electron chi connectivity index (χ3n) is 4.58. The summed E-state index contributed by atoms with van der Waals surface area (Å²) >= 11 is 0. The third kappa shape index (κ3) is 2.71. The number of fused-ring (bicyclic) bond motifs is 3. The van der Waals surface area contributed by atoms with Gasteiger partial charge in [-0.25, -0.2) is 9.59 Å². The number of carbonyl (C=O) groups is 2. The lowest BCUT2D eigenvalue weighted by molar-refractivity contribution is -0.142. The number of benzene rings is 2. The fourth-order valence-corrected chi connectivity index (χ4v) is 3.36. The molecule has 126 valence electrons. The average molecular weight is 335 g/mol. The zero-order valence-electron chi connectivity index (χ0n) is 13.4. The highest BCUT2D eigenvalue weighted by molar-refractivity contribution is 5.94. The molecule has 0 saturated heterocycles. The zero-order valence-corrected chi connectivity index (χ0v) is 13.4. The van der Waals surface area contributed by atoms with Gasteiger partial charge in [0.25, 0.3) is 0 Å². The van der Waals surface area contributed by atoms with Crippen LogP contribution in [0.15, 0.2) is 54.6 Å². The van der Waals surface area contributed by atoms with E-state index in [1.165, 1.54) is 4.90 Å². The van der Waals surface area contributed by atoms with Gasteiger partial charge in [-0.05, 0) is 23.8 Å². The molecule has 0 radical (unpaired) electrons. The van der Waals surface area contributed by atoms with E-state index in [2.05, 4.69) is 10.3 Å². The lowest BCUT2D eigenvalue weighted by Crippen LogP contribution is -2.50. The van der Waals surface area contributed by atoms with Crippen molar-refractivity contribution in [3.05, 3.63) is 65.9 Å². The van der Waals surface area contributed by atoms with E-state index in [0.717, 1.165) is 22.2 Å². The molecule has 25 heavy (non-hydrogen) atoms. The summed E-state index contributed by atoms with van der Waals surface area (Å²) in [5.74, 6) is -1.00. The van der Waals surface area contributed by atoms with Gasteiger partial charge in [-0.3, -0.25) is 0 Å². The number of aromatic amines is 1. The van der Waals surface area contributed by atoms with E-state index < -0.39 is 18.0 Å².